The Hall–Kier alpha value is -0.680. The van der Waals surface area contributed by atoms with Crippen LogP contribution in [0.3, 0.4) is 0 Å². The van der Waals surface area contributed by atoms with Crippen molar-refractivity contribution in [1.82, 2.24) is 9.97 Å². The van der Waals surface area contributed by atoms with E-state index >= 15 is 0 Å². The maximum Gasteiger partial charge on any atom is 0.356 e. The van der Waals surface area contributed by atoms with E-state index in [4.69, 9.17) is 11.6 Å². The number of halogens is 2. The van der Waals surface area contributed by atoms with Crippen LogP contribution in [0.25, 0.3) is 0 Å². The minimum Gasteiger partial charge on any atom is -0.464 e. The second-order valence-electron chi connectivity index (χ2n) is 2.14. The summed E-state index contributed by atoms with van der Waals surface area (Å²) in [5.74, 6) is -0.522. The van der Waals surface area contributed by atoms with Crippen molar-refractivity contribution in [2.45, 2.75) is 5.33 Å². The second kappa shape index (κ2) is 4.53. The lowest BCUT2D eigenvalue weighted by atomic mass is 10.3. The van der Waals surface area contributed by atoms with Crippen LogP contribution in [0.1, 0.15) is 16.2 Å². The zero-order chi connectivity index (χ0) is 9.84. The molecule has 6 heteroatoms. The van der Waals surface area contributed by atoms with E-state index in [1.807, 2.05) is 0 Å². The number of methoxy groups -OCH3 is 1. The molecule has 0 N–H and O–H groups in total. The quantitative estimate of drug-likeness (QED) is 0.465. The van der Waals surface area contributed by atoms with E-state index in [1.54, 1.807) is 0 Å². The number of hydrogen-bond acceptors (Lipinski definition) is 4. The standard InChI is InChI=1S/C7H6BrClN2O2/c1-13-6(12)5-2-4(3-8)10-7(9)11-5/h2H,3H2,1H3. The zero-order valence-electron chi connectivity index (χ0n) is 6.75. The summed E-state index contributed by atoms with van der Waals surface area (Å²) in [7, 11) is 1.28. The summed E-state index contributed by atoms with van der Waals surface area (Å²) >= 11 is 8.77. The molecule has 0 saturated carbocycles. The van der Waals surface area contributed by atoms with E-state index < -0.39 is 5.97 Å². The van der Waals surface area contributed by atoms with Crippen molar-refractivity contribution >= 4 is 33.5 Å². The molecule has 1 aromatic rings. The molecular weight excluding hydrogens is 259 g/mol. The third kappa shape index (κ3) is 2.63. The topological polar surface area (TPSA) is 52.1 Å². The third-order valence-electron chi connectivity index (χ3n) is 1.28. The van der Waals surface area contributed by atoms with Crippen molar-refractivity contribution in [2.24, 2.45) is 0 Å². The smallest absolute Gasteiger partial charge is 0.356 e. The van der Waals surface area contributed by atoms with Crippen LogP contribution in [-0.2, 0) is 10.1 Å². The summed E-state index contributed by atoms with van der Waals surface area (Å²) in [4.78, 5) is 18.6. The Morgan fingerprint density at radius 2 is 2.38 bits per heavy atom. The molecule has 0 saturated heterocycles. The summed E-state index contributed by atoms with van der Waals surface area (Å²) in [6.07, 6.45) is 0. The molecule has 0 fully saturated rings. The number of carbonyl (C=O) groups excluding carboxylic acids is 1. The number of hydrogen-bond donors (Lipinski definition) is 0. The first-order valence-corrected chi connectivity index (χ1v) is 4.85. The molecule has 13 heavy (non-hydrogen) atoms. The van der Waals surface area contributed by atoms with Gasteiger partial charge in [0.25, 0.3) is 0 Å². The van der Waals surface area contributed by atoms with E-state index in [0.717, 1.165) is 0 Å². The van der Waals surface area contributed by atoms with Gasteiger partial charge in [-0.25, -0.2) is 14.8 Å². The molecule has 0 aliphatic heterocycles. The van der Waals surface area contributed by atoms with Crippen LogP contribution in [0.4, 0.5) is 0 Å². The molecule has 0 unspecified atom stereocenters. The van der Waals surface area contributed by atoms with Crippen LogP contribution in [0.5, 0.6) is 0 Å². The number of aromatic nitrogens is 2. The van der Waals surface area contributed by atoms with Gasteiger partial charge in [0.05, 0.1) is 12.8 Å². The largest absolute Gasteiger partial charge is 0.464 e. The lowest BCUT2D eigenvalue weighted by molar-refractivity contribution is 0.0593. The number of ether oxygens (including phenoxy) is 1. The number of rotatable bonds is 2. The molecular formula is C7H6BrClN2O2. The summed E-state index contributed by atoms with van der Waals surface area (Å²) < 4.78 is 4.49. The van der Waals surface area contributed by atoms with Gasteiger partial charge in [0.1, 0.15) is 0 Å². The molecule has 0 radical (unpaired) electrons. The number of alkyl halides is 1. The van der Waals surface area contributed by atoms with Gasteiger partial charge in [0.2, 0.25) is 5.28 Å². The summed E-state index contributed by atoms with van der Waals surface area (Å²) in [5.41, 5.74) is 0.803. The molecule has 0 spiro atoms. The molecule has 1 aromatic heterocycles. The first-order valence-electron chi connectivity index (χ1n) is 3.35. The van der Waals surface area contributed by atoms with E-state index in [-0.39, 0.29) is 11.0 Å². The van der Waals surface area contributed by atoms with Gasteiger partial charge < -0.3 is 4.74 Å². The zero-order valence-corrected chi connectivity index (χ0v) is 9.09. The van der Waals surface area contributed by atoms with E-state index in [0.29, 0.717) is 11.0 Å². The fraction of sp³-hybridized carbons (Fsp3) is 0.286. The molecule has 0 aliphatic carbocycles. The Bertz CT molecular complexity index is 332. The molecule has 70 valence electrons. The maximum absolute atomic E-state index is 11.0. The van der Waals surface area contributed by atoms with Crippen LogP contribution >= 0.6 is 27.5 Å². The second-order valence-corrected chi connectivity index (χ2v) is 3.04. The summed E-state index contributed by atoms with van der Waals surface area (Å²) in [6.45, 7) is 0. The molecule has 1 rings (SSSR count). The minimum absolute atomic E-state index is 0.0392. The maximum atomic E-state index is 11.0. The highest BCUT2D eigenvalue weighted by molar-refractivity contribution is 9.08. The predicted molar refractivity (Wildman–Crippen MR) is 51.0 cm³/mol. The molecule has 0 aliphatic rings. The van der Waals surface area contributed by atoms with Crippen molar-refractivity contribution in [3.63, 3.8) is 0 Å². The highest BCUT2D eigenvalue weighted by atomic mass is 79.9. The van der Waals surface area contributed by atoms with Crippen molar-refractivity contribution < 1.29 is 9.53 Å². The van der Waals surface area contributed by atoms with Gasteiger partial charge in [-0.3, -0.25) is 0 Å². The van der Waals surface area contributed by atoms with Gasteiger partial charge in [0, 0.05) is 5.33 Å². The van der Waals surface area contributed by atoms with E-state index in [1.165, 1.54) is 13.2 Å². The first kappa shape index (κ1) is 10.4. The highest BCUT2D eigenvalue weighted by Crippen LogP contribution is 2.09. The van der Waals surface area contributed by atoms with Crippen LogP contribution in [0, 0.1) is 0 Å². The van der Waals surface area contributed by atoms with Gasteiger partial charge in [-0.1, -0.05) is 15.9 Å². The average Bonchev–Trinajstić information content (AvgIpc) is 2.15. The molecule has 0 bridgehead atoms. The first-order chi connectivity index (χ1) is 6.17. The molecule has 0 aromatic carbocycles. The lowest BCUT2D eigenvalue weighted by Crippen LogP contribution is -2.06. The van der Waals surface area contributed by atoms with Crippen LogP contribution in [-0.4, -0.2) is 23.0 Å². The van der Waals surface area contributed by atoms with Gasteiger partial charge in [-0.2, -0.15) is 0 Å². The number of nitrogens with zero attached hydrogens (tertiary/aromatic N) is 2. The molecule has 0 amide bonds. The molecule has 0 atom stereocenters. The van der Waals surface area contributed by atoms with Crippen LogP contribution < -0.4 is 0 Å². The third-order valence-corrected chi connectivity index (χ3v) is 2.03. The van der Waals surface area contributed by atoms with Crippen LogP contribution in [0.2, 0.25) is 5.28 Å². The van der Waals surface area contributed by atoms with Crippen molar-refractivity contribution in [3.05, 3.63) is 22.7 Å². The molecule has 4 nitrogen and oxygen atoms in total. The monoisotopic (exact) mass is 264 g/mol. The lowest BCUT2D eigenvalue weighted by Gasteiger charge is -2.00. The Morgan fingerprint density at radius 3 is 2.92 bits per heavy atom. The Labute approximate surface area is 88.4 Å². The SMILES string of the molecule is COC(=O)c1cc(CBr)nc(Cl)n1. The van der Waals surface area contributed by atoms with Gasteiger partial charge >= 0.3 is 5.97 Å². The van der Waals surface area contributed by atoms with Crippen molar-refractivity contribution in [2.75, 3.05) is 7.11 Å². The highest BCUT2D eigenvalue weighted by Gasteiger charge is 2.10. The predicted octanol–water partition coefficient (Wildman–Crippen LogP) is 1.81. The average molecular weight is 265 g/mol. The normalized spacial score (nSPS) is 9.77. The Morgan fingerprint density at radius 1 is 1.69 bits per heavy atom. The van der Waals surface area contributed by atoms with Crippen molar-refractivity contribution in [3.8, 4) is 0 Å². The number of carbonyl (C=O) groups is 1. The van der Waals surface area contributed by atoms with Gasteiger partial charge in [-0.05, 0) is 17.7 Å². The Kier molecular flexibility index (Phi) is 3.62. The van der Waals surface area contributed by atoms with Gasteiger partial charge in [0.15, 0.2) is 5.69 Å². The summed E-state index contributed by atoms with van der Waals surface area (Å²) in [5, 5.41) is 0.552. The van der Waals surface area contributed by atoms with Crippen LogP contribution in [0.15, 0.2) is 6.07 Å². The Balaban J connectivity index is 3.08. The molecule has 1 heterocycles. The van der Waals surface area contributed by atoms with E-state index in [2.05, 4.69) is 30.6 Å². The minimum atomic E-state index is -0.522. The fourth-order valence-corrected chi connectivity index (χ4v) is 1.23. The van der Waals surface area contributed by atoms with Crippen molar-refractivity contribution in [1.29, 1.82) is 0 Å². The number of esters is 1. The summed E-state index contributed by atoms with van der Waals surface area (Å²) in [6, 6.07) is 1.52. The van der Waals surface area contributed by atoms with Gasteiger partial charge in [-0.15, -0.1) is 0 Å². The fourth-order valence-electron chi connectivity index (χ4n) is 0.743. The van der Waals surface area contributed by atoms with E-state index in [9.17, 15) is 4.79 Å².